The molecule has 0 amide bonds. The molecule has 4 nitrogen and oxygen atoms in total. The highest BCUT2D eigenvalue weighted by atomic mass is 35.5. The number of aromatic nitrogens is 3. The van der Waals surface area contributed by atoms with E-state index in [1.165, 1.54) is 5.56 Å². The van der Waals surface area contributed by atoms with Gasteiger partial charge in [-0.3, -0.25) is 0 Å². The summed E-state index contributed by atoms with van der Waals surface area (Å²) in [6.45, 7) is 6.05. The molecule has 18 heavy (non-hydrogen) atoms. The van der Waals surface area contributed by atoms with Gasteiger partial charge < -0.3 is 5.73 Å². The van der Waals surface area contributed by atoms with Crippen LogP contribution < -0.4 is 5.73 Å². The molecule has 0 aliphatic rings. The molecule has 0 aliphatic heterocycles. The number of rotatable bonds is 2. The van der Waals surface area contributed by atoms with Gasteiger partial charge in [0, 0.05) is 5.69 Å². The number of nitrogens with zero attached hydrogens (tertiary/aromatic N) is 3. The van der Waals surface area contributed by atoms with Gasteiger partial charge in [-0.2, -0.15) is 5.10 Å². The molecule has 2 heterocycles. The number of hydrogen-bond donors (Lipinski definition) is 1. The second-order valence-corrected chi connectivity index (χ2v) is 4.89. The molecular formula is C12H14Cl2N4. The first-order chi connectivity index (χ1) is 8.45. The Hall–Kier alpha value is -1.26. The molecule has 0 aromatic carbocycles. The summed E-state index contributed by atoms with van der Waals surface area (Å²) >= 11 is 12.0. The average molecular weight is 285 g/mol. The number of nitrogens with two attached hydrogens (primary N) is 1. The lowest BCUT2D eigenvalue weighted by molar-refractivity contribution is 0.807. The van der Waals surface area contributed by atoms with Gasteiger partial charge in [-0.15, -0.1) is 0 Å². The summed E-state index contributed by atoms with van der Waals surface area (Å²) in [5, 5.41) is 5.23. The first kappa shape index (κ1) is 13.2. The predicted octanol–water partition coefficient (Wildman–Crippen LogP) is 3.34. The lowest BCUT2D eigenvalue weighted by Crippen LogP contribution is -2.05. The van der Waals surface area contributed by atoms with E-state index in [1.54, 1.807) is 10.7 Å². The van der Waals surface area contributed by atoms with Crippen LogP contribution in [0, 0.1) is 13.8 Å². The fourth-order valence-corrected chi connectivity index (χ4v) is 2.45. The van der Waals surface area contributed by atoms with Gasteiger partial charge >= 0.3 is 0 Å². The SMILES string of the molecule is CCc1c(C)nn(-c2nc(N)c(Cl)cc2Cl)c1C. The van der Waals surface area contributed by atoms with Gasteiger partial charge in [0.2, 0.25) is 0 Å². The van der Waals surface area contributed by atoms with Crippen molar-refractivity contribution in [1.29, 1.82) is 0 Å². The Morgan fingerprint density at radius 2 is 1.94 bits per heavy atom. The van der Waals surface area contributed by atoms with Crippen LogP contribution in [0.3, 0.4) is 0 Å². The minimum atomic E-state index is 0.252. The van der Waals surface area contributed by atoms with Gasteiger partial charge in [-0.25, -0.2) is 9.67 Å². The van der Waals surface area contributed by atoms with E-state index in [0.717, 1.165) is 17.8 Å². The zero-order valence-corrected chi connectivity index (χ0v) is 12.0. The van der Waals surface area contributed by atoms with Crippen LogP contribution >= 0.6 is 23.2 Å². The Kier molecular flexibility index (Phi) is 3.50. The van der Waals surface area contributed by atoms with Crippen molar-refractivity contribution in [3.63, 3.8) is 0 Å². The molecule has 0 atom stereocenters. The third-order valence-electron chi connectivity index (χ3n) is 2.93. The molecule has 0 unspecified atom stereocenters. The minimum absolute atomic E-state index is 0.252. The summed E-state index contributed by atoms with van der Waals surface area (Å²) in [6, 6.07) is 1.59. The zero-order valence-electron chi connectivity index (χ0n) is 10.5. The van der Waals surface area contributed by atoms with E-state index in [4.69, 9.17) is 28.9 Å². The maximum atomic E-state index is 6.15. The monoisotopic (exact) mass is 284 g/mol. The van der Waals surface area contributed by atoms with Crippen molar-refractivity contribution >= 4 is 29.0 Å². The molecule has 2 aromatic heterocycles. The second kappa shape index (κ2) is 4.78. The molecule has 0 saturated heterocycles. The molecule has 0 spiro atoms. The fraction of sp³-hybridized carbons (Fsp3) is 0.333. The van der Waals surface area contributed by atoms with Crippen LogP contribution in [0.1, 0.15) is 23.9 Å². The number of hydrogen-bond acceptors (Lipinski definition) is 3. The van der Waals surface area contributed by atoms with Crippen LogP contribution in [0.25, 0.3) is 5.82 Å². The van der Waals surface area contributed by atoms with E-state index in [2.05, 4.69) is 17.0 Å². The molecule has 2 N–H and O–H groups in total. The quantitative estimate of drug-likeness (QED) is 0.920. The summed E-state index contributed by atoms with van der Waals surface area (Å²) < 4.78 is 1.71. The van der Waals surface area contributed by atoms with Gasteiger partial charge in [0.1, 0.15) is 5.82 Å². The number of halogens is 2. The van der Waals surface area contributed by atoms with Gasteiger partial charge in [0.25, 0.3) is 0 Å². The third-order valence-corrected chi connectivity index (χ3v) is 3.51. The predicted molar refractivity (Wildman–Crippen MR) is 74.6 cm³/mol. The summed E-state index contributed by atoms with van der Waals surface area (Å²) in [4.78, 5) is 4.21. The van der Waals surface area contributed by atoms with Crippen molar-refractivity contribution in [3.05, 3.63) is 33.1 Å². The number of pyridine rings is 1. The molecular weight excluding hydrogens is 271 g/mol. The average Bonchev–Trinajstić information content (AvgIpc) is 2.59. The van der Waals surface area contributed by atoms with Crippen molar-refractivity contribution in [2.75, 3.05) is 5.73 Å². The molecule has 2 rings (SSSR count). The van der Waals surface area contributed by atoms with E-state index in [9.17, 15) is 0 Å². The van der Waals surface area contributed by atoms with Crippen molar-refractivity contribution in [2.24, 2.45) is 0 Å². The van der Waals surface area contributed by atoms with Crippen molar-refractivity contribution in [2.45, 2.75) is 27.2 Å². The summed E-state index contributed by atoms with van der Waals surface area (Å²) in [6.07, 6.45) is 0.915. The largest absolute Gasteiger partial charge is 0.382 e. The van der Waals surface area contributed by atoms with Crippen LogP contribution in [-0.4, -0.2) is 14.8 Å². The smallest absolute Gasteiger partial charge is 0.174 e. The van der Waals surface area contributed by atoms with Crippen molar-refractivity contribution < 1.29 is 0 Å². The maximum Gasteiger partial charge on any atom is 0.174 e. The van der Waals surface area contributed by atoms with Crippen LogP contribution in [-0.2, 0) is 6.42 Å². The standard InChI is InChI=1S/C12H14Cl2N4/c1-4-8-6(2)17-18(7(8)3)12-10(14)5-9(13)11(15)16-12/h5H,4H2,1-3H3,(H2,15,16). The molecule has 0 aliphatic carbocycles. The van der Waals surface area contributed by atoms with E-state index < -0.39 is 0 Å². The van der Waals surface area contributed by atoms with Crippen LogP contribution in [0.15, 0.2) is 6.07 Å². The van der Waals surface area contributed by atoms with Gasteiger partial charge in [0.05, 0.1) is 15.7 Å². The second-order valence-electron chi connectivity index (χ2n) is 4.08. The Labute approximate surface area is 116 Å². The van der Waals surface area contributed by atoms with Gasteiger partial charge in [-0.05, 0) is 31.9 Å². The van der Waals surface area contributed by atoms with Gasteiger partial charge in [-0.1, -0.05) is 30.1 Å². The van der Waals surface area contributed by atoms with Crippen LogP contribution in [0.5, 0.6) is 0 Å². The zero-order chi connectivity index (χ0) is 13.4. The topological polar surface area (TPSA) is 56.7 Å². The number of nitrogen functional groups attached to an aromatic ring is 1. The van der Waals surface area contributed by atoms with Crippen LogP contribution in [0.2, 0.25) is 10.0 Å². The molecule has 6 heteroatoms. The fourth-order valence-electron chi connectivity index (χ4n) is 2.01. The molecule has 96 valence electrons. The lowest BCUT2D eigenvalue weighted by atomic mass is 10.1. The van der Waals surface area contributed by atoms with Gasteiger partial charge in [0.15, 0.2) is 5.82 Å². The van der Waals surface area contributed by atoms with Crippen LogP contribution in [0.4, 0.5) is 5.82 Å². The molecule has 0 saturated carbocycles. The summed E-state index contributed by atoms with van der Waals surface area (Å²) in [5.41, 5.74) is 8.90. The molecule has 2 aromatic rings. The minimum Gasteiger partial charge on any atom is -0.382 e. The summed E-state index contributed by atoms with van der Waals surface area (Å²) in [5.74, 6) is 0.764. The number of anilines is 1. The van der Waals surface area contributed by atoms with E-state index >= 15 is 0 Å². The lowest BCUT2D eigenvalue weighted by Gasteiger charge is -2.08. The maximum absolute atomic E-state index is 6.15. The van der Waals surface area contributed by atoms with E-state index in [1.807, 2.05) is 13.8 Å². The number of aryl methyl sites for hydroxylation is 1. The normalized spacial score (nSPS) is 10.9. The van der Waals surface area contributed by atoms with E-state index in [0.29, 0.717) is 15.9 Å². The third kappa shape index (κ3) is 2.06. The highest BCUT2D eigenvalue weighted by molar-refractivity contribution is 6.36. The highest BCUT2D eigenvalue weighted by Gasteiger charge is 2.16. The first-order valence-corrected chi connectivity index (χ1v) is 6.38. The molecule has 0 bridgehead atoms. The molecule has 0 fully saturated rings. The highest BCUT2D eigenvalue weighted by Crippen LogP contribution is 2.28. The molecule has 0 radical (unpaired) electrons. The Morgan fingerprint density at radius 3 is 2.50 bits per heavy atom. The Balaban J connectivity index is 2.66. The Morgan fingerprint density at radius 1 is 1.28 bits per heavy atom. The van der Waals surface area contributed by atoms with Crippen molar-refractivity contribution in [1.82, 2.24) is 14.8 Å². The van der Waals surface area contributed by atoms with Crippen molar-refractivity contribution in [3.8, 4) is 5.82 Å². The van der Waals surface area contributed by atoms with E-state index in [-0.39, 0.29) is 5.82 Å². The summed E-state index contributed by atoms with van der Waals surface area (Å²) in [7, 11) is 0. The Bertz CT molecular complexity index is 605. The first-order valence-electron chi connectivity index (χ1n) is 5.62.